The van der Waals surface area contributed by atoms with Crippen LogP contribution in [0.3, 0.4) is 0 Å². The van der Waals surface area contributed by atoms with Crippen molar-refractivity contribution in [1.29, 1.82) is 0 Å². The van der Waals surface area contributed by atoms with Crippen LogP contribution in [0.25, 0.3) is 0 Å². The molecular weight excluding hydrogens is 633 g/mol. The molecule has 0 spiro atoms. The summed E-state index contributed by atoms with van der Waals surface area (Å²) >= 11 is 0. The Morgan fingerprint density at radius 3 is 2.14 bits per heavy atom. The molecule has 298 valence electrons. The summed E-state index contributed by atoms with van der Waals surface area (Å²) in [5, 5.41) is 0. The maximum Gasteiger partial charge on any atom is 0.0637 e. The molecule has 0 aromatic carbocycles. The molecule has 4 aliphatic carbocycles. The fraction of sp³-hybridized carbons (Fsp3) is 0.955. The summed E-state index contributed by atoms with van der Waals surface area (Å²) in [6, 6.07) is 0. The summed E-state index contributed by atoms with van der Waals surface area (Å²) in [6.45, 7) is 22.1. The Hall–Kier alpha value is -0.540. The topological polar surface area (TPSA) is 109 Å². The molecule has 0 heterocycles. The highest BCUT2D eigenvalue weighted by Gasteiger charge is 2.66. The van der Waals surface area contributed by atoms with Crippen LogP contribution in [0.15, 0.2) is 12.7 Å². The largest absolute Gasteiger partial charge is 0.378 e. The van der Waals surface area contributed by atoms with Crippen molar-refractivity contribution < 1.29 is 14.2 Å². The van der Waals surface area contributed by atoms with E-state index in [1.54, 1.807) is 0 Å². The lowest BCUT2D eigenvalue weighted by Gasteiger charge is -2.65. The van der Waals surface area contributed by atoms with Gasteiger partial charge in [-0.2, -0.15) is 0 Å². The third-order valence-corrected chi connectivity index (χ3v) is 14.8. The molecular formula is C44H84N4O3. The van der Waals surface area contributed by atoms with Gasteiger partial charge in [0.2, 0.25) is 0 Å². The van der Waals surface area contributed by atoms with Crippen LogP contribution in [0, 0.1) is 46.3 Å². The minimum atomic E-state index is 0.162. The molecule has 0 radical (unpaired) electrons. The molecule has 7 heteroatoms. The van der Waals surface area contributed by atoms with Crippen molar-refractivity contribution in [1.82, 2.24) is 4.90 Å². The van der Waals surface area contributed by atoms with E-state index in [9.17, 15) is 0 Å². The van der Waals surface area contributed by atoms with Gasteiger partial charge < -0.3 is 31.4 Å². The standard InChI is InChI=1S/C44H84N4O3/c1-6-8-9-10-11-12-26-48(25-7-2)27-13-17-34(3)37-18-19-38-42-39(33-41(44(37,38)5)51-30-16-24-47)43(4)21-20-36(49-28-14-22-45)31-35(43)32-40(42)50-29-15-23-46/h7,34-42H,2,6,8-33,45-47H2,1,3-5H3/t34?,35?,36-,37?,38+,39+,40-,41+,42?,43+,44-/m1/s1. The number of rotatable bonds is 26. The molecule has 0 amide bonds. The van der Waals surface area contributed by atoms with E-state index in [1.807, 2.05) is 0 Å². The predicted octanol–water partition coefficient (Wildman–Crippen LogP) is 8.33. The van der Waals surface area contributed by atoms with Gasteiger partial charge >= 0.3 is 0 Å². The van der Waals surface area contributed by atoms with Crippen LogP contribution in [-0.4, -0.2) is 82.3 Å². The summed E-state index contributed by atoms with van der Waals surface area (Å²) in [7, 11) is 0. The Labute approximate surface area is 315 Å². The first kappa shape index (κ1) is 43.2. The predicted molar refractivity (Wildman–Crippen MR) is 215 cm³/mol. The lowest BCUT2D eigenvalue weighted by atomic mass is 9.43. The van der Waals surface area contributed by atoms with E-state index in [-0.39, 0.29) is 11.5 Å². The van der Waals surface area contributed by atoms with Crippen molar-refractivity contribution in [2.24, 2.45) is 63.5 Å². The van der Waals surface area contributed by atoms with E-state index < -0.39 is 0 Å². The molecule has 0 bridgehead atoms. The lowest BCUT2D eigenvalue weighted by Crippen LogP contribution is -2.63. The van der Waals surface area contributed by atoms with Gasteiger partial charge in [-0.25, -0.2) is 0 Å². The number of nitrogens with zero attached hydrogens (tertiary/aromatic N) is 1. The zero-order valence-electron chi connectivity index (χ0n) is 34.0. The lowest BCUT2D eigenvalue weighted by molar-refractivity contribution is -0.227. The minimum absolute atomic E-state index is 0.162. The second-order valence-electron chi connectivity index (χ2n) is 18.0. The van der Waals surface area contributed by atoms with Crippen LogP contribution in [0.5, 0.6) is 0 Å². The minimum Gasteiger partial charge on any atom is -0.378 e. The van der Waals surface area contributed by atoms with E-state index in [0.717, 1.165) is 52.0 Å². The van der Waals surface area contributed by atoms with Crippen LogP contribution < -0.4 is 17.2 Å². The average molecular weight is 717 g/mol. The number of ether oxygens (including phenoxy) is 3. The van der Waals surface area contributed by atoms with Crippen molar-refractivity contribution in [3.63, 3.8) is 0 Å². The number of unbranched alkanes of at least 4 members (excludes halogenated alkanes) is 5. The monoisotopic (exact) mass is 717 g/mol. The summed E-state index contributed by atoms with van der Waals surface area (Å²) in [6.07, 6.45) is 25.1. The van der Waals surface area contributed by atoms with Crippen LogP contribution in [-0.2, 0) is 14.2 Å². The first-order chi connectivity index (χ1) is 24.8. The highest BCUT2D eigenvalue weighted by atomic mass is 16.5. The smallest absolute Gasteiger partial charge is 0.0637 e. The third-order valence-electron chi connectivity index (χ3n) is 14.8. The third kappa shape index (κ3) is 11.0. The van der Waals surface area contributed by atoms with Crippen molar-refractivity contribution in [2.45, 2.75) is 162 Å². The molecule has 11 atom stereocenters. The van der Waals surface area contributed by atoms with Gasteiger partial charge in [0.25, 0.3) is 0 Å². The van der Waals surface area contributed by atoms with Gasteiger partial charge in [-0.05, 0) is 157 Å². The highest BCUT2D eigenvalue weighted by Crippen LogP contribution is 2.69. The molecule has 51 heavy (non-hydrogen) atoms. The number of nitrogens with two attached hydrogens (primary N) is 3. The van der Waals surface area contributed by atoms with E-state index in [0.29, 0.717) is 72.8 Å². The van der Waals surface area contributed by atoms with Crippen LogP contribution >= 0.6 is 0 Å². The first-order valence-electron chi connectivity index (χ1n) is 22.1. The molecule has 4 unspecified atom stereocenters. The van der Waals surface area contributed by atoms with Gasteiger partial charge in [0, 0.05) is 31.8 Å². The summed E-state index contributed by atoms with van der Waals surface area (Å²) < 4.78 is 20.5. The Balaban J connectivity index is 1.49. The van der Waals surface area contributed by atoms with Crippen molar-refractivity contribution >= 4 is 0 Å². The SMILES string of the molecule is C=CCN(CCCCCCCC)CCCC(C)C1CC[C@H]2C3[C@H](OCCCN)CC4C[C@H](OCCCN)CC[C@]4(C)[C@H]3C[C@H](OCCCN)[C@]12C. The van der Waals surface area contributed by atoms with E-state index in [1.165, 1.54) is 103 Å². The van der Waals surface area contributed by atoms with Crippen molar-refractivity contribution in [2.75, 3.05) is 59.1 Å². The van der Waals surface area contributed by atoms with Crippen molar-refractivity contribution in [3.05, 3.63) is 12.7 Å². The quantitative estimate of drug-likeness (QED) is 0.0610. The fourth-order valence-electron chi connectivity index (χ4n) is 12.0. The maximum absolute atomic E-state index is 7.08. The Kier molecular flexibility index (Phi) is 18.7. The van der Waals surface area contributed by atoms with Crippen LogP contribution in [0.2, 0.25) is 0 Å². The zero-order chi connectivity index (χ0) is 36.7. The average Bonchev–Trinajstić information content (AvgIpc) is 3.48. The number of fused-ring (bicyclic) bond motifs is 5. The summed E-state index contributed by atoms with van der Waals surface area (Å²) in [5.74, 6) is 3.83. The van der Waals surface area contributed by atoms with Gasteiger partial charge in [-0.3, -0.25) is 4.90 Å². The molecule has 4 fully saturated rings. The fourth-order valence-corrected chi connectivity index (χ4v) is 12.0. The summed E-state index contributed by atoms with van der Waals surface area (Å²) in [5.41, 5.74) is 18.3. The molecule has 0 aromatic rings. The van der Waals surface area contributed by atoms with E-state index in [2.05, 4.69) is 45.2 Å². The van der Waals surface area contributed by atoms with Gasteiger partial charge in [-0.1, -0.05) is 65.9 Å². The van der Waals surface area contributed by atoms with E-state index >= 15 is 0 Å². The molecule has 4 saturated carbocycles. The van der Waals surface area contributed by atoms with Gasteiger partial charge in [-0.15, -0.1) is 6.58 Å². The molecule has 4 rings (SSSR count). The van der Waals surface area contributed by atoms with Gasteiger partial charge in [0.1, 0.15) is 0 Å². The molecule has 7 nitrogen and oxygen atoms in total. The van der Waals surface area contributed by atoms with E-state index in [4.69, 9.17) is 31.4 Å². The highest BCUT2D eigenvalue weighted by molar-refractivity contribution is 5.15. The van der Waals surface area contributed by atoms with Crippen LogP contribution in [0.1, 0.15) is 143 Å². The normalized spacial score (nSPS) is 35.4. The molecule has 0 saturated heterocycles. The van der Waals surface area contributed by atoms with Crippen LogP contribution in [0.4, 0.5) is 0 Å². The molecule has 0 aromatic heterocycles. The Bertz CT molecular complexity index is 969. The van der Waals surface area contributed by atoms with Gasteiger partial charge in [0.05, 0.1) is 18.3 Å². The second-order valence-corrected chi connectivity index (χ2v) is 18.0. The summed E-state index contributed by atoms with van der Waals surface area (Å²) in [4.78, 5) is 2.66. The zero-order valence-corrected chi connectivity index (χ0v) is 34.0. The maximum atomic E-state index is 7.08. The Morgan fingerprint density at radius 2 is 1.43 bits per heavy atom. The number of hydrogen-bond acceptors (Lipinski definition) is 7. The van der Waals surface area contributed by atoms with Crippen molar-refractivity contribution in [3.8, 4) is 0 Å². The Morgan fingerprint density at radius 1 is 0.765 bits per heavy atom. The molecule has 0 aliphatic heterocycles. The number of hydrogen-bond donors (Lipinski definition) is 3. The first-order valence-corrected chi connectivity index (χ1v) is 22.1. The molecule has 6 N–H and O–H groups in total. The molecule has 4 aliphatic rings. The van der Waals surface area contributed by atoms with Gasteiger partial charge in [0.15, 0.2) is 0 Å². The second kappa shape index (κ2) is 22.1.